The number of halogens is 1. The Balaban J connectivity index is 2.73. The molecule has 4 heteroatoms. The topological polar surface area (TPSA) is 46.5 Å². The van der Waals surface area contributed by atoms with Gasteiger partial charge in [0, 0.05) is 0 Å². The molecule has 1 rings (SSSR count). The number of esters is 1. The van der Waals surface area contributed by atoms with Crippen LogP contribution in [0, 0.1) is 6.92 Å². The molecule has 0 bridgehead atoms. The van der Waals surface area contributed by atoms with Crippen LogP contribution in [-0.2, 0) is 9.53 Å². The van der Waals surface area contributed by atoms with E-state index in [9.17, 15) is 14.3 Å². The number of hydrogen-bond donors (Lipinski definition) is 1. The smallest absolute Gasteiger partial charge is 0.343 e. The molecule has 3 nitrogen and oxygen atoms in total. The standard InChI is InChI=1S/C12H15FO3/c1-3-16-12(15)10(13)11(14)9-6-4-8(2)5-7-9/h4-7,10-11,14H,3H2,1-2H3/t10-,11-/m1/s1. The molecule has 0 spiro atoms. The summed E-state index contributed by atoms with van der Waals surface area (Å²) in [4.78, 5) is 11.1. The van der Waals surface area contributed by atoms with Gasteiger partial charge in [-0.1, -0.05) is 29.8 Å². The summed E-state index contributed by atoms with van der Waals surface area (Å²) in [6, 6.07) is 6.67. The van der Waals surface area contributed by atoms with E-state index in [1.54, 1.807) is 31.2 Å². The summed E-state index contributed by atoms with van der Waals surface area (Å²) in [7, 11) is 0. The van der Waals surface area contributed by atoms with E-state index in [1.807, 2.05) is 6.92 Å². The fourth-order valence-electron chi connectivity index (χ4n) is 1.28. The number of ether oxygens (including phenoxy) is 1. The molecule has 0 aliphatic rings. The molecule has 1 N–H and O–H groups in total. The van der Waals surface area contributed by atoms with Crippen molar-refractivity contribution in [3.05, 3.63) is 35.4 Å². The van der Waals surface area contributed by atoms with Crippen LogP contribution in [0.25, 0.3) is 0 Å². The number of alkyl halides is 1. The Morgan fingerprint density at radius 2 is 2.00 bits per heavy atom. The molecular formula is C12H15FO3. The second-order valence-corrected chi connectivity index (χ2v) is 3.51. The van der Waals surface area contributed by atoms with Gasteiger partial charge >= 0.3 is 5.97 Å². The number of rotatable bonds is 4. The summed E-state index contributed by atoms with van der Waals surface area (Å²) in [5, 5.41) is 9.60. The minimum Gasteiger partial charge on any atom is -0.464 e. The minimum absolute atomic E-state index is 0.0971. The van der Waals surface area contributed by atoms with Crippen LogP contribution in [0.15, 0.2) is 24.3 Å². The van der Waals surface area contributed by atoms with Crippen molar-refractivity contribution >= 4 is 5.97 Å². The molecule has 0 aliphatic heterocycles. The lowest BCUT2D eigenvalue weighted by Gasteiger charge is -2.14. The Labute approximate surface area is 93.9 Å². The highest BCUT2D eigenvalue weighted by molar-refractivity contribution is 5.75. The number of carbonyl (C=O) groups excluding carboxylic acids is 1. The highest BCUT2D eigenvalue weighted by Crippen LogP contribution is 2.20. The molecule has 0 aromatic heterocycles. The largest absolute Gasteiger partial charge is 0.464 e. The number of aliphatic hydroxyl groups excluding tert-OH is 1. The van der Waals surface area contributed by atoms with Gasteiger partial charge in [-0.05, 0) is 19.4 Å². The molecule has 0 saturated carbocycles. The van der Waals surface area contributed by atoms with Crippen LogP contribution in [0.4, 0.5) is 4.39 Å². The normalized spacial score (nSPS) is 14.2. The summed E-state index contributed by atoms with van der Waals surface area (Å²) in [5.74, 6) is -1.03. The highest BCUT2D eigenvalue weighted by atomic mass is 19.1. The first-order valence-corrected chi connectivity index (χ1v) is 5.11. The van der Waals surface area contributed by atoms with Crippen molar-refractivity contribution in [3.8, 4) is 0 Å². The average molecular weight is 226 g/mol. The molecule has 1 aromatic rings. The Morgan fingerprint density at radius 1 is 1.44 bits per heavy atom. The van der Waals surface area contributed by atoms with Crippen molar-refractivity contribution in [2.24, 2.45) is 0 Å². The second kappa shape index (κ2) is 5.61. The van der Waals surface area contributed by atoms with Gasteiger partial charge in [-0.2, -0.15) is 0 Å². The highest BCUT2D eigenvalue weighted by Gasteiger charge is 2.28. The zero-order chi connectivity index (χ0) is 12.1. The summed E-state index contributed by atoms with van der Waals surface area (Å²) < 4.78 is 17.9. The second-order valence-electron chi connectivity index (χ2n) is 3.51. The molecule has 0 aliphatic carbocycles. The first kappa shape index (κ1) is 12.6. The van der Waals surface area contributed by atoms with Crippen molar-refractivity contribution in [1.82, 2.24) is 0 Å². The lowest BCUT2D eigenvalue weighted by Crippen LogP contribution is -2.26. The first-order valence-electron chi connectivity index (χ1n) is 5.11. The maximum Gasteiger partial charge on any atom is 0.343 e. The summed E-state index contributed by atoms with van der Waals surface area (Å²) in [5.41, 5.74) is 1.37. The van der Waals surface area contributed by atoms with E-state index < -0.39 is 18.2 Å². The van der Waals surface area contributed by atoms with Crippen molar-refractivity contribution < 1.29 is 19.0 Å². The number of aliphatic hydroxyl groups is 1. The molecule has 0 fully saturated rings. The van der Waals surface area contributed by atoms with Crippen LogP contribution in [0.3, 0.4) is 0 Å². The van der Waals surface area contributed by atoms with E-state index in [2.05, 4.69) is 4.74 Å². The lowest BCUT2D eigenvalue weighted by atomic mass is 10.0. The number of benzene rings is 1. The van der Waals surface area contributed by atoms with Crippen molar-refractivity contribution in [2.45, 2.75) is 26.1 Å². The van der Waals surface area contributed by atoms with Crippen molar-refractivity contribution in [3.63, 3.8) is 0 Å². The summed E-state index contributed by atoms with van der Waals surface area (Å²) in [6.45, 7) is 3.57. The van der Waals surface area contributed by atoms with Gasteiger partial charge in [0.2, 0.25) is 6.17 Å². The first-order chi connectivity index (χ1) is 7.56. The van der Waals surface area contributed by atoms with E-state index >= 15 is 0 Å². The van der Waals surface area contributed by atoms with Gasteiger partial charge in [-0.25, -0.2) is 9.18 Å². The number of carbonyl (C=O) groups is 1. The van der Waals surface area contributed by atoms with Gasteiger partial charge in [-0.15, -0.1) is 0 Å². The minimum atomic E-state index is -2.04. The quantitative estimate of drug-likeness (QED) is 0.798. The van der Waals surface area contributed by atoms with E-state index in [1.165, 1.54) is 0 Å². The molecule has 0 heterocycles. The Hall–Kier alpha value is -1.42. The number of hydrogen-bond acceptors (Lipinski definition) is 3. The van der Waals surface area contributed by atoms with Crippen LogP contribution >= 0.6 is 0 Å². The SMILES string of the molecule is CCOC(=O)[C@H](F)[C@H](O)c1ccc(C)cc1. The predicted octanol–water partition coefficient (Wildman–Crippen LogP) is 1.93. The molecule has 0 radical (unpaired) electrons. The maximum atomic E-state index is 13.4. The van der Waals surface area contributed by atoms with E-state index in [0.717, 1.165) is 5.56 Å². The van der Waals surface area contributed by atoms with Gasteiger partial charge in [0.15, 0.2) is 0 Å². The molecule has 0 amide bonds. The van der Waals surface area contributed by atoms with Crippen molar-refractivity contribution in [2.75, 3.05) is 6.61 Å². The average Bonchev–Trinajstić information content (AvgIpc) is 2.28. The summed E-state index contributed by atoms with van der Waals surface area (Å²) >= 11 is 0. The molecule has 0 unspecified atom stereocenters. The molecular weight excluding hydrogens is 211 g/mol. The third-order valence-electron chi connectivity index (χ3n) is 2.21. The van der Waals surface area contributed by atoms with Crippen LogP contribution in [0.1, 0.15) is 24.2 Å². The van der Waals surface area contributed by atoms with Crippen LogP contribution < -0.4 is 0 Å². The monoisotopic (exact) mass is 226 g/mol. The molecule has 16 heavy (non-hydrogen) atoms. The fraction of sp³-hybridized carbons (Fsp3) is 0.417. The lowest BCUT2D eigenvalue weighted by molar-refractivity contribution is -0.153. The third kappa shape index (κ3) is 3.03. The van der Waals surface area contributed by atoms with E-state index in [0.29, 0.717) is 5.56 Å². The van der Waals surface area contributed by atoms with E-state index in [-0.39, 0.29) is 6.61 Å². The van der Waals surface area contributed by atoms with Gasteiger partial charge in [0.1, 0.15) is 6.10 Å². The predicted molar refractivity (Wildman–Crippen MR) is 57.7 cm³/mol. The van der Waals surface area contributed by atoms with Crippen LogP contribution in [-0.4, -0.2) is 23.9 Å². The Morgan fingerprint density at radius 3 is 2.50 bits per heavy atom. The Kier molecular flexibility index (Phi) is 4.43. The van der Waals surface area contributed by atoms with Gasteiger partial charge in [0.05, 0.1) is 6.61 Å². The van der Waals surface area contributed by atoms with E-state index in [4.69, 9.17) is 0 Å². The van der Waals surface area contributed by atoms with Gasteiger partial charge in [-0.3, -0.25) is 0 Å². The molecule has 0 saturated heterocycles. The maximum absolute atomic E-state index is 13.4. The zero-order valence-electron chi connectivity index (χ0n) is 9.31. The molecule has 1 aromatic carbocycles. The zero-order valence-corrected chi connectivity index (χ0v) is 9.31. The summed E-state index contributed by atoms with van der Waals surface area (Å²) in [6.07, 6.45) is -3.51. The van der Waals surface area contributed by atoms with Gasteiger partial charge in [0.25, 0.3) is 0 Å². The van der Waals surface area contributed by atoms with Crippen LogP contribution in [0.2, 0.25) is 0 Å². The Bertz CT molecular complexity index is 348. The van der Waals surface area contributed by atoms with Crippen molar-refractivity contribution in [1.29, 1.82) is 0 Å². The van der Waals surface area contributed by atoms with Crippen LogP contribution in [0.5, 0.6) is 0 Å². The fourth-order valence-corrected chi connectivity index (χ4v) is 1.28. The molecule has 2 atom stereocenters. The number of aryl methyl sites for hydroxylation is 1. The van der Waals surface area contributed by atoms with Gasteiger partial charge < -0.3 is 9.84 Å². The molecule has 88 valence electrons. The third-order valence-corrected chi connectivity index (χ3v) is 2.21.